The first-order chi connectivity index (χ1) is 11.3. The van der Waals surface area contributed by atoms with Crippen molar-refractivity contribution in [1.29, 1.82) is 0 Å². The Balaban J connectivity index is 2.06. The highest BCUT2D eigenvalue weighted by Crippen LogP contribution is 2.17. The number of carbonyl (C=O) groups is 1. The van der Waals surface area contributed by atoms with E-state index in [4.69, 9.17) is 4.74 Å². The number of rotatable bonds is 6. The maximum absolute atomic E-state index is 12.3. The Labute approximate surface area is 149 Å². The molecule has 0 radical (unpaired) electrons. The molecule has 128 valence electrons. The summed E-state index contributed by atoms with van der Waals surface area (Å²) in [4.78, 5) is 12.3. The average molecular weight is 413 g/mol. The van der Waals surface area contributed by atoms with Crippen LogP contribution in [0.2, 0.25) is 0 Å². The average Bonchev–Trinajstić information content (AvgIpc) is 2.55. The van der Waals surface area contributed by atoms with Crippen molar-refractivity contribution in [2.45, 2.75) is 17.9 Å². The lowest BCUT2D eigenvalue weighted by Crippen LogP contribution is -2.41. The third kappa shape index (κ3) is 4.80. The minimum absolute atomic E-state index is 0.0896. The van der Waals surface area contributed by atoms with Crippen molar-refractivity contribution < 1.29 is 17.9 Å². The lowest BCUT2D eigenvalue weighted by molar-refractivity contribution is -0.117. The van der Waals surface area contributed by atoms with E-state index in [-0.39, 0.29) is 4.90 Å². The number of benzene rings is 2. The zero-order valence-corrected chi connectivity index (χ0v) is 15.5. The second-order valence-electron chi connectivity index (χ2n) is 5.02. The summed E-state index contributed by atoms with van der Waals surface area (Å²) in [5.41, 5.74) is 0.522. The number of hydrogen-bond donors (Lipinski definition) is 2. The molecular formula is C16H17BrN2O4S. The zero-order valence-electron chi connectivity index (χ0n) is 13.1. The third-order valence-electron chi connectivity index (χ3n) is 3.19. The van der Waals surface area contributed by atoms with E-state index < -0.39 is 22.0 Å². The van der Waals surface area contributed by atoms with Gasteiger partial charge in [-0.15, -0.1) is 0 Å². The van der Waals surface area contributed by atoms with Gasteiger partial charge in [0.2, 0.25) is 15.9 Å². The van der Waals surface area contributed by atoms with Gasteiger partial charge in [-0.3, -0.25) is 4.79 Å². The molecule has 0 aliphatic carbocycles. The van der Waals surface area contributed by atoms with Gasteiger partial charge in [-0.2, -0.15) is 4.72 Å². The van der Waals surface area contributed by atoms with Crippen LogP contribution >= 0.6 is 15.9 Å². The molecule has 0 aliphatic rings. The normalized spacial score (nSPS) is 12.5. The number of amides is 1. The van der Waals surface area contributed by atoms with E-state index in [1.54, 1.807) is 36.4 Å². The van der Waals surface area contributed by atoms with E-state index >= 15 is 0 Å². The summed E-state index contributed by atoms with van der Waals surface area (Å²) >= 11 is 3.25. The molecule has 2 N–H and O–H groups in total. The number of methoxy groups -OCH3 is 1. The molecule has 2 aromatic carbocycles. The van der Waals surface area contributed by atoms with Gasteiger partial charge < -0.3 is 10.1 Å². The molecule has 6 nitrogen and oxygen atoms in total. The molecule has 2 aromatic rings. The minimum atomic E-state index is -3.78. The summed E-state index contributed by atoms with van der Waals surface area (Å²) < 4.78 is 32.8. The van der Waals surface area contributed by atoms with Crippen LogP contribution < -0.4 is 14.8 Å². The fourth-order valence-corrected chi connectivity index (χ4v) is 3.39. The van der Waals surface area contributed by atoms with Crippen LogP contribution in [0.1, 0.15) is 6.92 Å². The second-order valence-corrected chi connectivity index (χ2v) is 7.65. The number of sulfonamides is 1. The summed E-state index contributed by atoms with van der Waals surface area (Å²) in [6, 6.07) is 12.0. The Morgan fingerprint density at radius 3 is 2.46 bits per heavy atom. The first kappa shape index (κ1) is 18.4. The van der Waals surface area contributed by atoms with Crippen LogP contribution in [0.4, 0.5) is 5.69 Å². The standard InChI is InChI=1S/C16H17BrN2O4S/c1-11(16(20)18-13-4-3-5-14(10-13)23-2)19-24(21,22)15-8-6-12(17)7-9-15/h3-11,19H,1-2H3,(H,18,20)/t11-/m1/s1. The van der Waals surface area contributed by atoms with Gasteiger partial charge in [0, 0.05) is 16.2 Å². The van der Waals surface area contributed by atoms with Gasteiger partial charge in [-0.05, 0) is 43.3 Å². The lowest BCUT2D eigenvalue weighted by atomic mass is 10.2. The fourth-order valence-electron chi connectivity index (χ4n) is 1.92. The molecule has 0 saturated carbocycles. The van der Waals surface area contributed by atoms with E-state index in [9.17, 15) is 13.2 Å². The van der Waals surface area contributed by atoms with Gasteiger partial charge in [0.15, 0.2) is 0 Å². The molecule has 2 rings (SSSR count). The van der Waals surface area contributed by atoms with Gasteiger partial charge in [-0.25, -0.2) is 8.42 Å². The van der Waals surface area contributed by atoms with Gasteiger partial charge in [0.1, 0.15) is 5.75 Å². The Hall–Kier alpha value is -1.90. The second kappa shape index (κ2) is 7.78. The quantitative estimate of drug-likeness (QED) is 0.763. The van der Waals surface area contributed by atoms with Crippen molar-refractivity contribution in [2.24, 2.45) is 0 Å². The van der Waals surface area contributed by atoms with Gasteiger partial charge in [0.05, 0.1) is 18.0 Å². The van der Waals surface area contributed by atoms with Crippen LogP contribution in [-0.2, 0) is 14.8 Å². The molecule has 0 saturated heterocycles. The number of halogens is 1. The van der Waals surface area contributed by atoms with Crippen molar-refractivity contribution in [1.82, 2.24) is 4.72 Å². The number of hydrogen-bond acceptors (Lipinski definition) is 4. The SMILES string of the molecule is COc1cccc(NC(=O)[C@@H](C)NS(=O)(=O)c2ccc(Br)cc2)c1. The summed E-state index contributed by atoms with van der Waals surface area (Å²) in [6.45, 7) is 1.48. The van der Waals surface area contributed by atoms with Crippen molar-refractivity contribution in [2.75, 3.05) is 12.4 Å². The third-order valence-corrected chi connectivity index (χ3v) is 5.27. The predicted molar refractivity (Wildman–Crippen MR) is 95.5 cm³/mol. The van der Waals surface area contributed by atoms with Gasteiger partial charge in [-0.1, -0.05) is 22.0 Å². The van der Waals surface area contributed by atoms with Crippen molar-refractivity contribution in [3.05, 3.63) is 53.0 Å². The first-order valence-corrected chi connectivity index (χ1v) is 9.32. The van der Waals surface area contributed by atoms with Crippen LogP contribution in [0.3, 0.4) is 0 Å². The largest absolute Gasteiger partial charge is 0.497 e. The lowest BCUT2D eigenvalue weighted by Gasteiger charge is -2.15. The van der Waals surface area contributed by atoms with Crippen molar-refractivity contribution in [3.63, 3.8) is 0 Å². The Kier molecular flexibility index (Phi) is 5.98. The highest BCUT2D eigenvalue weighted by atomic mass is 79.9. The van der Waals surface area contributed by atoms with Crippen LogP contribution in [0.5, 0.6) is 5.75 Å². The zero-order chi connectivity index (χ0) is 17.7. The first-order valence-electron chi connectivity index (χ1n) is 7.04. The van der Waals surface area contributed by atoms with Gasteiger partial charge >= 0.3 is 0 Å². The molecule has 0 aromatic heterocycles. The predicted octanol–water partition coefficient (Wildman–Crippen LogP) is 2.76. The monoisotopic (exact) mass is 412 g/mol. The summed E-state index contributed by atoms with van der Waals surface area (Å²) in [5.74, 6) is 0.125. The Morgan fingerprint density at radius 1 is 1.17 bits per heavy atom. The van der Waals surface area contributed by atoms with E-state index in [0.717, 1.165) is 4.47 Å². The summed E-state index contributed by atoms with van der Waals surface area (Å²) in [7, 11) is -2.26. The molecule has 0 spiro atoms. The smallest absolute Gasteiger partial charge is 0.242 e. The molecule has 0 aliphatic heterocycles. The highest BCUT2D eigenvalue weighted by molar-refractivity contribution is 9.10. The molecule has 0 unspecified atom stereocenters. The van der Waals surface area contributed by atoms with E-state index in [1.165, 1.54) is 26.2 Å². The van der Waals surface area contributed by atoms with Crippen LogP contribution in [0, 0.1) is 0 Å². The van der Waals surface area contributed by atoms with E-state index in [0.29, 0.717) is 11.4 Å². The highest BCUT2D eigenvalue weighted by Gasteiger charge is 2.22. The molecule has 0 bridgehead atoms. The van der Waals surface area contributed by atoms with E-state index in [2.05, 4.69) is 26.0 Å². The molecule has 0 fully saturated rings. The Morgan fingerprint density at radius 2 is 1.83 bits per heavy atom. The topological polar surface area (TPSA) is 84.5 Å². The molecule has 1 atom stereocenters. The molecule has 0 heterocycles. The van der Waals surface area contributed by atoms with E-state index in [1.807, 2.05) is 0 Å². The summed E-state index contributed by atoms with van der Waals surface area (Å²) in [6.07, 6.45) is 0. The molecule has 1 amide bonds. The van der Waals surface area contributed by atoms with Crippen LogP contribution in [0.25, 0.3) is 0 Å². The number of ether oxygens (including phenoxy) is 1. The molecule has 24 heavy (non-hydrogen) atoms. The molecule has 8 heteroatoms. The molecular weight excluding hydrogens is 396 g/mol. The minimum Gasteiger partial charge on any atom is -0.497 e. The van der Waals surface area contributed by atoms with Crippen LogP contribution in [-0.4, -0.2) is 27.5 Å². The maximum Gasteiger partial charge on any atom is 0.242 e. The fraction of sp³-hybridized carbons (Fsp3) is 0.188. The van der Waals surface area contributed by atoms with Crippen molar-refractivity contribution in [3.8, 4) is 5.75 Å². The Bertz CT molecular complexity index is 822. The van der Waals surface area contributed by atoms with Crippen LogP contribution in [0.15, 0.2) is 57.9 Å². The number of anilines is 1. The maximum atomic E-state index is 12.3. The number of nitrogens with one attached hydrogen (secondary N) is 2. The number of carbonyl (C=O) groups excluding carboxylic acids is 1. The summed E-state index contributed by atoms with van der Waals surface area (Å²) in [5, 5.41) is 2.65. The van der Waals surface area contributed by atoms with Crippen molar-refractivity contribution >= 4 is 37.5 Å². The van der Waals surface area contributed by atoms with Gasteiger partial charge in [0.25, 0.3) is 0 Å².